The third-order valence-corrected chi connectivity index (χ3v) is 5.09. The van der Waals surface area contributed by atoms with E-state index in [-0.39, 0.29) is 35.5 Å². The van der Waals surface area contributed by atoms with Crippen LogP contribution in [-0.2, 0) is 4.79 Å². The first-order chi connectivity index (χ1) is 13.1. The molecule has 27 heavy (non-hydrogen) atoms. The molecular formula is C20H26N4O3. The van der Waals surface area contributed by atoms with Crippen molar-refractivity contribution in [3.63, 3.8) is 0 Å². The Hall–Kier alpha value is -2.70. The van der Waals surface area contributed by atoms with Gasteiger partial charge in [0.15, 0.2) is 12.1 Å². The molecule has 0 radical (unpaired) electrons. The third kappa shape index (κ3) is 4.93. The van der Waals surface area contributed by atoms with E-state index in [1.165, 1.54) is 12.7 Å². The number of nitrogens with zero attached hydrogens (tertiary/aromatic N) is 2. The number of amides is 2. The minimum atomic E-state index is -0.228. The van der Waals surface area contributed by atoms with Gasteiger partial charge in [0.25, 0.3) is 5.91 Å². The Labute approximate surface area is 159 Å². The zero-order valence-electron chi connectivity index (χ0n) is 15.8. The second kappa shape index (κ2) is 8.79. The first-order valence-corrected chi connectivity index (χ1v) is 9.49. The molecule has 1 atom stereocenters. The molecule has 1 fully saturated rings. The number of carbonyl (C=O) groups is 2. The lowest BCUT2D eigenvalue weighted by atomic mass is 9.85. The molecule has 2 heterocycles. The van der Waals surface area contributed by atoms with Gasteiger partial charge in [-0.3, -0.25) is 14.6 Å². The average molecular weight is 370 g/mol. The van der Waals surface area contributed by atoms with Gasteiger partial charge in [-0.05, 0) is 51.2 Å². The number of oxazole rings is 1. The Morgan fingerprint density at radius 2 is 2.04 bits per heavy atom. The summed E-state index contributed by atoms with van der Waals surface area (Å²) in [7, 11) is 0. The first-order valence-electron chi connectivity index (χ1n) is 9.49. The van der Waals surface area contributed by atoms with Crippen LogP contribution >= 0.6 is 0 Å². The molecule has 0 bridgehead atoms. The van der Waals surface area contributed by atoms with Crippen LogP contribution in [0.15, 0.2) is 35.3 Å². The molecule has 0 spiro atoms. The van der Waals surface area contributed by atoms with Crippen LogP contribution < -0.4 is 10.6 Å². The highest BCUT2D eigenvalue weighted by atomic mass is 16.3. The van der Waals surface area contributed by atoms with Gasteiger partial charge in [0.2, 0.25) is 5.91 Å². The summed E-state index contributed by atoms with van der Waals surface area (Å²) < 4.78 is 4.83. The molecule has 7 nitrogen and oxygen atoms in total. The van der Waals surface area contributed by atoms with E-state index in [0.717, 1.165) is 43.5 Å². The quantitative estimate of drug-likeness (QED) is 0.815. The van der Waals surface area contributed by atoms with Gasteiger partial charge in [-0.1, -0.05) is 13.0 Å². The van der Waals surface area contributed by atoms with Crippen molar-refractivity contribution in [3.8, 4) is 0 Å². The lowest BCUT2D eigenvalue weighted by Gasteiger charge is -2.29. The molecule has 7 heteroatoms. The molecule has 1 unspecified atom stereocenters. The summed E-state index contributed by atoms with van der Waals surface area (Å²) in [6, 6.07) is 5.88. The second-order valence-corrected chi connectivity index (χ2v) is 7.07. The fourth-order valence-electron chi connectivity index (χ4n) is 3.52. The van der Waals surface area contributed by atoms with Gasteiger partial charge in [0.05, 0.1) is 11.7 Å². The number of nitrogens with one attached hydrogen (secondary N) is 2. The Kier molecular flexibility index (Phi) is 6.21. The van der Waals surface area contributed by atoms with Crippen molar-refractivity contribution in [1.29, 1.82) is 0 Å². The number of rotatable bonds is 6. The van der Waals surface area contributed by atoms with Crippen LogP contribution in [0.2, 0.25) is 0 Å². The fourth-order valence-corrected chi connectivity index (χ4v) is 3.52. The van der Waals surface area contributed by atoms with E-state index in [1.807, 2.05) is 32.0 Å². The van der Waals surface area contributed by atoms with E-state index in [0.29, 0.717) is 0 Å². The molecule has 2 N–H and O–H groups in total. The van der Waals surface area contributed by atoms with E-state index >= 15 is 0 Å². The first kappa shape index (κ1) is 19.1. The van der Waals surface area contributed by atoms with Gasteiger partial charge in [0.1, 0.15) is 6.26 Å². The average Bonchev–Trinajstić information content (AvgIpc) is 3.21. The summed E-state index contributed by atoms with van der Waals surface area (Å²) in [5, 5.41) is 6.11. The highest BCUT2D eigenvalue weighted by Crippen LogP contribution is 2.26. The highest BCUT2D eigenvalue weighted by molar-refractivity contribution is 5.92. The number of hydrogen-bond acceptors (Lipinski definition) is 5. The predicted molar refractivity (Wildman–Crippen MR) is 99.9 cm³/mol. The van der Waals surface area contributed by atoms with E-state index < -0.39 is 0 Å². The van der Waals surface area contributed by atoms with Crippen molar-refractivity contribution in [1.82, 2.24) is 20.6 Å². The van der Waals surface area contributed by atoms with Crippen molar-refractivity contribution in [2.45, 2.75) is 58.0 Å². The van der Waals surface area contributed by atoms with Crippen LogP contribution in [0, 0.1) is 12.8 Å². The van der Waals surface area contributed by atoms with E-state index in [1.54, 1.807) is 0 Å². The highest BCUT2D eigenvalue weighted by Gasteiger charge is 2.29. The van der Waals surface area contributed by atoms with Crippen molar-refractivity contribution in [2.75, 3.05) is 0 Å². The lowest BCUT2D eigenvalue weighted by Crippen LogP contribution is -2.41. The minimum Gasteiger partial charge on any atom is -0.451 e. The van der Waals surface area contributed by atoms with Gasteiger partial charge >= 0.3 is 0 Å². The molecule has 2 aromatic heterocycles. The molecule has 0 aliphatic heterocycles. The monoisotopic (exact) mass is 370 g/mol. The fraction of sp³-hybridized carbons (Fsp3) is 0.500. The normalized spacial score (nSPS) is 20.7. The molecule has 2 aromatic rings. The maximum Gasteiger partial charge on any atom is 0.273 e. The van der Waals surface area contributed by atoms with Gasteiger partial charge in [-0.15, -0.1) is 0 Å². The molecule has 1 aliphatic carbocycles. The SMILES string of the molecule is CCC(NC(=O)C1CCC(NC(=O)c2cocn2)CC1)c1cccc(C)n1. The molecule has 2 amide bonds. The number of hydrogen-bond donors (Lipinski definition) is 2. The summed E-state index contributed by atoms with van der Waals surface area (Å²) in [6.07, 6.45) is 6.44. The van der Waals surface area contributed by atoms with Gasteiger partial charge in [-0.25, -0.2) is 4.98 Å². The minimum absolute atomic E-state index is 0.0240. The molecule has 1 saturated carbocycles. The van der Waals surface area contributed by atoms with Crippen LogP contribution in [0.5, 0.6) is 0 Å². The van der Waals surface area contributed by atoms with Crippen molar-refractivity contribution < 1.29 is 14.0 Å². The number of carbonyl (C=O) groups excluding carboxylic acids is 2. The van der Waals surface area contributed by atoms with Crippen molar-refractivity contribution in [2.24, 2.45) is 5.92 Å². The maximum atomic E-state index is 12.7. The summed E-state index contributed by atoms with van der Waals surface area (Å²) in [4.78, 5) is 33.1. The maximum absolute atomic E-state index is 12.7. The van der Waals surface area contributed by atoms with Gasteiger partial charge < -0.3 is 15.1 Å². The van der Waals surface area contributed by atoms with E-state index in [4.69, 9.17) is 4.42 Å². The molecule has 144 valence electrons. The van der Waals surface area contributed by atoms with Crippen LogP contribution in [0.4, 0.5) is 0 Å². The van der Waals surface area contributed by atoms with Crippen LogP contribution in [0.3, 0.4) is 0 Å². The predicted octanol–water partition coefficient (Wildman–Crippen LogP) is 2.93. The molecule has 3 rings (SSSR count). The summed E-state index contributed by atoms with van der Waals surface area (Å²) >= 11 is 0. The third-order valence-electron chi connectivity index (χ3n) is 5.09. The van der Waals surface area contributed by atoms with E-state index in [9.17, 15) is 9.59 Å². The molecule has 0 aromatic carbocycles. The van der Waals surface area contributed by atoms with Gasteiger partial charge in [0, 0.05) is 17.7 Å². The Morgan fingerprint density at radius 1 is 1.26 bits per heavy atom. The van der Waals surface area contributed by atoms with Crippen LogP contribution in [0.25, 0.3) is 0 Å². The smallest absolute Gasteiger partial charge is 0.273 e. The van der Waals surface area contributed by atoms with Crippen LogP contribution in [0.1, 0.15) is 66.9 Å². The van der Waals surface area contributed by atoms with Gasteiger partial charge in [-0.2, -0.15) is 0 Å². The summed E-state index contributed by atoms with van der Waals surface area (Å²) in [5.41, 5.74) is 2.13. The standard InChI is InChI=1S/C20H26N4O3/c1-3-16(17-6-4-5-13(2)22-17)24-19(25)14-7-9-15(10-8-14)23-20(26)18-11-27-12-21-18/h4-6,11-12,14-16H,3,7-10H2,1-2H3,(H,23,26)(H,24,25). The summed E-state index contributed by atoms with van der Waals surface area (Å²) in [6.45, 7) is 4.00. The second-order valence-electron chi connectivity index (χ2n) is 7.07. The molecule has 1 aliphatic rings. The van der Waals surface area contributed by atoms with E-state index in [2.05, 4.69) is 20.6 Å². The number of pyridine rings is 1. The number of aryl methyl sites for hydroxylation is 1. The van der Waals surface area contributed by atoms with Crippen LogP contribution in [-0.4, -0.2) is 27.8 Å². The Morgan fingerprint density at radius 3 is 2.67 bits per heavy atom. The Balaban J connectivity index is 1.50. The number of aromatic nitrogens is 2. The summed E-state index contributed by atoms with van der Waals surface area (Å²) in [5.74, 6) is -0.177. The topological polar surface area (TPSA) is 97.1 Å². The Bertz CT molecular complexity index is 767. The van der Waals surface area contributed by atoms with Crippen molar-refractivity contribution in [3.05, 3.63) is 47.9 Å². The molecule has 0 saturated heterocycles. The molecular weight excluding hydrogens is 344 g/mol. The zero-order chi connectivity index (χ0) is 19.2. The lowest BCUT2D eigenvalue weighted by molar-refractivity contribution is -0.126. The van der Waals surface area contributed by atoms with Crippen molar-refractivity contribution >= 4 is 11.8 Å². The largest absolute Gasteiger partial charge is 0.451 e. The zero-order valence-corrected chi connectivity index (χ0v) is 15.8.